The monoisotopic (exact) mass is 420 g/mol. The number of ether oxygens (including phenoxy) is 1. The van der Waals surface area contributed by atoms with Crippen LogP contribution in [0.5, 0.6) is 11.5 Å². The second kappa shape index (κ2) is 8.44. The molecule has 2 amide bonds. The number of nitrogens with zero attached hydrogens (tertiary/aromatic N) is 1. The van der Waals surface area contributed by atoms with Crippen LogP contribution in [0.4, 0.5) is 18.9 Å². The summed E-state index contributed by atoms with van der Waals surface area (Å²) in [6, 6.07) is 15.4. The van der Waals surface area contributed by atoms with E-state index in [2.05, 4.69) is 5.32 Å². The van der Waals surface area contributed by atoms with E-state index in [0.29, 0.717) is 17.2 Å². The number of hydrogen-bond acceptors (Lipinski definition) is 4. The fourth-order valence-corrected chi connectivity index (χ4v) is 2.89. The fraction of sp³-hybridized carbons (Fsp3) is 0.150. The van der Waals surface area contributed by atoms with Crippen molar-refractivity contribution in [3.05, 3.63) is 66.2 Å². The summed E-state index contributed by atoms with van der Waals surface area (Å²) in [5, 5.41) is 2.18. The molecular weight excluding hydrogens is 405 g/mol. The Balaban J connectivity index is 1.77. The first-order chi connectivity index (χ1) is 13.7. The van der Waals surface area contributed by atoms with Gasteiger partial charge in [-0.15, -0.1) is 0 Å². The van der Waals surface area contributed by atoms with Crippen molar-refractivity contribution in [3.8, 4) is 11.5 Å². The highest BCUT2D eigenvalue weighted by molar-refractivity contribution is 7.80. The zero-order valence-corrected chi connectivity index (χ0v) is 15.7. The molecule has 0 aromatic heterocycles. The van der Waals surface area contributed by atoms with Crippen molar-refractivity contribution in [3.63, 3.8) is 0 Å². The molecule has 5 nitrogen and oxygen atoms in total. The van der Waals surface area contributed by atoms with Crippen LogP contribution in [0.1, 0.15) is 12.8 Å². The summed E-state index contributed by atoms with van der Waals surface area (Å²) in [6.45, 7) is 0. The van der Waals surface area contributed by atoms with Crippen LogP contribution < -0.4 is 15.0 Å². The number of hydrogen-bond donors (Lipinski definition) is 1. The topological polar surface area (TPSA) is 58.6 Å². The molecule has 0 atom stereocenters. The second-order valence-electron chi connectivity index (χ2n) is 6.08. The van der Waals surface area contributed by atoms with Crippen molar-refractivity contribution in [1.82, 2.24) is 5.32 Å². The minimum Gasteiger partial charge on any atom is -0.457 e. The lowest BCUT2D eigenvalue weighted by Gasteiger charge is -2.29. The van der Waals surface area contributed by atoms with Gasteiger partial charge in [0.1, 0.15) is 17.1 Å². The van der Waals surface area contributed by atoms with E-state index in [-0.39, 0.29) is 10.7 Å². The number of carbonyl (C=O) groups is 2. The van der Waals surface area contributed by atoms with Gasteiger partial charge in [-0.25, -0.2) is 0 Å². The summed E-state index contributed by atoms with van der Waals surface area (Å²) in [4.78, 5) is 25.7. The number of nitrogens with one attached hydrogen (secondary N) is 1. The quantitative estimate of drug-likeness (QED) is 0.440. The molecule has 1 fully saturated rings. The van der Waals surface area contributed by atoms with E-state index in [1.807, 2.05) is 18.2 Å². The predicted octanol–water partition coefficient (Wildman–Crippen LogP) is 4.50. The molecule has 1 aliphatic rings. The van der Waals surface area contributed by atoms with Crippen molar-refractivity contribution in [1.29, 1.82) is 0 Å². The maximum Gasteiger partial charge on any atom is 0.389 e. The van der Waals surface area contributed by atoms with Crippen LogP contribution >= 0.6 is 12.2 Å². The molecule has 1 saturated heterocycles. The van der Waals surface area contributed by atoms with E-state index in [9.17, 15) is 22.8 Å². The number of halogens is 3. The van der Waals surface area contributed by atoms with Gasteiger partial charge in [0.15, 0.2) is 5.11 Å². The molecule has 29 heavy (non-hydrogen) atoms. The number of allylic oxidation sites excluding steroid dienone is 1. The van der Waals surface area contributed by atoms with Crippen molar-refractivity contribution in [2.75, 3.05) is 4.90 Å². The summed E-state index contributed by atoms with van der Waals surface area (Å²) in [5.74, 6) is -0.451. The summed E-state index contributed by atoms with van der Waals surface area (Å²) in [6.07, 6.45) is -5.02. The zero-order chi connectivity index (χ0) is 21.0. The first kappa shape index (κ1) is 20.5. The largest absolute Gasteiger partial charge is 0.457 e. The Morgan fingerprint density at radius 3 is 2.24 bits per heavy atom. The van der Waals surface area contributed by atoms with Gasteiger partial charge in [-0.1, -0.05) is 24.3 Å². The van der Waals surface area contributed by atoms with Gasteiger partial charge in [0.2, 0.25) is 0 Å². The molecule has 150 valence electrons. The average molecular weight is 420 g/mol. The number of amides is 2. The Morgan fingerprint density at radius 1 is 1.00 bits per heavy atom. The smallest absolute Gasteiger partial charge is 0.389 e. The molecule has 1 N–H and O–H groups in total. The lowest BCUT2D eigenvalue weighted by molar-refractivity contribution is -0.134. The number of para-hydroxylation sites is 1. The summed E-state index contributed by atoms with van der Waals surface area (Å²) in [7, 11) is 0. The molecule has 3 rings (SSSR count). The van der Waals surface area contributed by atoms with E-state index in [0.717, 1.165) is 11.0 Å². The van der Waals surface area contributed by atoms with E-state index in [1.54, 1.807) is 36.4 Å². The maximum absolute atomic E-state index is 12.7. The first-order valence-electron chi connectivity index (χ1n) is 8.54. The maximum atomic E-state index is 12.7. The highest BCUT2D eigenvalue weighted by Crippen LogP contribution is 2.27. The molecule has 1 heterocycles. The van der Waals surface area contributed by atoms with Crippen molar-refractivity contribution < 1.29 is 27.5 Å². The Labute approximate surface area is 169 Å². The number of anilines is 1. The van der Waals surface area contributed by atoms with E-state index < -0.39 is 30.8 Å². The molecule has 0 unspecified atom stereocenters. The third kappa shape index (κ3) is 5.20. The zero-order valence-electron chi connectivity index (χ0n) is 14.9. The number of rotatable bonds is 5. The summed E-state index contributed by atoms with van der Waals surface area (Å²) < 4.78 is 42.7. The lowest BCUT2D eigenvalue weighted by atomic mass is 10.1. The van der Waals surface area contributed by atoms with Crippen LogP contribution in [0.15, 0.2) is 66.2 Å². The average Bonchev–Trinajstić information content (AvgIpc) is 2.65. The molecule has 9 heteroatoms. The van der Waals surface area contributed by atoms with E-state index >= 15 is 0 Å². The highest BCUT2D eigenvalue weighted by atomic mass is 32.1. The normalized spacial score (nSPS) is 16.2. The number of benzene rings is 2. The Bertz CT molecular complexity index is 957. The molecule has 0 aliphatic carbocycles. The van der Waals surface area contributed by atoms with Gasteiger partial charge in [-0.2, -0.15) is 13.2 Å². The van der Waals surface area contributed by atoms with Gasteiger partial charge in [-0.3, -0.25) is 19.8 Å². The molecule has 0 saturated carbocycles. The fourth-order valence-electron chi connectivity index (χ4n) is 2.61. The minimum atomic E-state index is -4.38. The van der Waals surface area contributed by atoms with Gasteiger partial charge in [0.25, 0.3) is 11.8 Å². The third-order valence-electron chi connectivity index (χ3n) is 3.95. The molecule has 0 spiro atoms. The molecule has 1 aliphatic heterocycles. The van der Waals surface area contributed by atoms with Gasteiger partial charge in [-0.05, 0) is 55.0 Å². The SMILES string of the molecule is O=C1NC(=S)N(c2ccc(Oc3ccccc3)cc2)C(=O)/C1=C\CCC(F)(F)F. The van der Waals surface area contributed by atoms with Crippen LogP contribution in [0, 0.1) is 0 Å². The van der Waals surface area contributed by atoms with Gasteiger partial charge in [0.05, 0.1) is 5.69 Å². The van der Waals surface area contributed by atoms with E-state index in [1.165, 1.54) is 0 Å². The number of thiocarbonyl (C=S) groups is 1. The van der Waals surface area contributed by atoms with Crippen molar-refractivity contribution in [2.45, 2.75) is 19.0 Å². The van der Waals surface area contributed by atoms with Gasteiger partial charge >= 0.3 is 6.18 Å². The second-order valence-corrected chi connectivity index (χ2v) is 6.47. The van der Waals surface area contributed by atoms with Crippen molar-refractivity contribution in [2.24, 2.45) is 0 Å². The Kier molecular flexibility index (Phi) is 5.97. The van der Waals surface area contributed by atoms with Crippen LogP contribution in [0.25, 0.3) is 0 Å². The highest BCUT2D eigenvalue weighted by Gasteiger charge is 2.35. The van der Waals surface area contributed by atoms with Crippen LogP contribution in [-0.4, -0.2) is 23.1 Å². The molecule has 0 radical (unpaired) electrons. The Hall–Kier alpha value is -3.20. The Morgan fingerprint density at radius 2 is 1.62 bits per heavy atom. The minimum absolute atomic E-state index is 0.148. The van der Waals surface area contributed by atoms with E-state index in [4.69, 9.17) is 17.0 Å². The summed E-state index contributed by atoms with van der Waals surface area (Å²) in [5.41, 5.74) is -0.0328. The van der Waals surface area contributed by atoms with Gasteiger partial charge < -0.3 is 4.74 Å². The number of alkyl halides is 3. The third-order valence-corrected chi connectivity index (χ3v) is 4.24. The van der Waals surface area contributed by atoms with Crippen LogP contribution in [0.2, 0.25) is 0 Å². The standard InChI is InChI=1S/C20H15F3N2O3S/c21-20(22,23)12-4-7-16-17(26)24-19(29)25(18(16)27)13-8-10-15(11-9-13)28-14-5-2-1-3-6-14/h1-3,5-11H,4,12H2,(H,24,26,29)/b16-7-. The lowest BCUT2D eigenvalue weighted by Crippen LogP contribution is -2.54. The predicted molar refractivity (Wildman–Crippen MR) is 105 cm³/mol. The summed E-state index contributed by atoms with van der Waals surface area (Å²) >= 11 is 5.06. The molecule has 0 bridgehead atoms. The number of carbonyl (C=O) groups excluding carboxylic acids is 2. The van der Waals surface area contributed by atoms with Crippen molar-refractivity contribution >= 4 is 34.8 Å². The first-order valence-corrected chi connectivity index (χ1v) is 8.95. The van der Waals surface area contributed by atoms with Crippen LogP contribution in [-0.2, 0) is 9.59 Å². The van der Waals surface area contributed by atoms with Crippen LogP contribution in [0.3, 0.4) is 0 Å². The van der Waals surface area contributed by atoms with Gasteiger partial charge in [0, 0.05) is 6.42 Å². The molecular formula is C20H15F3N2O3S. The molecule has 2 aromatic carbocycles. The molecule has 2 aromatic rings.